The molecule has 2 aliphatic heterocycles. The van der Waals surface area contributed by atoms with Crippen molar-refractivity contribution in [1.82, 2.24) is 20.4 Å². The molecule has 1 amide bonds. The molecule has 3 aromatic rings. The quantitative estimate of drug-likeness (QED) is 0.491. The second kappa shape index (κ2) is 11.0. The maximum atomic E-state index is 12.6. The highest BCUT2D eigenvalue weighted by Crippen LogP contribution is 2.31. The number of H-pyrrole nitrogens is 1. The van der Waals surface area contributed by atoms with Crippen LogP contribution >= 0.6 is 11.3 Å². The first kappa shape index (κ1) is 25.2. The number of hydrogen-bond donors (Lipinski definition) is 2. The van der Waals surface area contributed by atoms with Crippen LogP contribution in [0.3, 0.4) is 0 Å². The Bertz CT molecular complexity index is 1410. The number of likely N-dealkylation sites (tertiary alicyclic amines) is 1. The van der Waals surface area contributed by atoms with Crippen molar-refractivity contribution in [1.29, 1.82) is 0 Å². The van der Waals surface area contributed by atoms with Crippen LogP contribution in [0.5, 0.6) is 0 Å². The lowest BCUT2D eigenvalue weighted by atomic mass is 9.95. The first-order valence-corrected chi connectivity index (χ1v) is 14.3. The van der Waals surface area contributed by atoms with Gasteiger partial charge in [-0.25, -0.2) is 0 Å². The highest BCUT2D eigenvalue weighted by molar-refractivity contribution is 7.10. The number of ether oxygens (including phenoxy) is 2. The molecular weight excluding hydrogens is 496 g/mol. The van der Waals surface area contributed by atoms with Crippen molar-refractivity contribution in [3.63, 3.8) is 0 Å². The molecule has 2 atom stereocenters. The summed E-state index contributed by atoms with van der Waals surface area (Å²) in [6.45, 7) is 6.43. The fourth-order valence-electron chi connectivity index (χ4n) is 5.55. The number of rotatable bonds is 7. The lowest BCUT2D eigenvalue weighted by molar-refractivity contribution is -0.185. The zero-order valence-electron chi connectivity index (χ0n) is 21.7. The molecule has 7 nitrogen and oxygen atoms in total. The molecule has 4 heterocycles. The molecule has 2 fully saturated rings. The van der Waals surface area contributed by atoms with Gasteiger partial charge in [0.15, 0.2) is 5.79 Å². The SMILES string of the molecule is CC1C=c2[nH]nc(/C=C/c3cccc(CN4CCC5(CC4)OCCO5)c3)c2=CC1NC(=O)Cc1cccs1. The Hall–Kier alpha value is -3.04. The van der Waals surface area contributed by atoms with Gasteiger partial charge in [-0.1, -0.05) is 55.5 Å². The van der Waals surface area contributed by atoms with E-state index < -0.39 is 0 Å². The highest BCUT2D eigenvalue weighted by Gasteiger charge is 2.39. The van der Waals surface area contributed by atoms with Gasteiger partial charge in [-0.3, -0.25) is 14.8 Å². The van der Waals surface area contributed by atoms with Crippen molar-refractivity contribution in [2.45, 2.75) is 44.6 Å². The van der Waals surface area contributed by atoms with Crippen LogP contribution in [0.25, 0.3) is 24.3 Å². The summed E-state index contributed by atoms with van der Waals surface area (Å²) < 4.78 is 11.7. The first-order chi connectivity index (χ1) is 18.6. The summed E-state index contributed by atoms with van der Waals surface area (Å²) >= 11 is 1.61. The minimum atomic E-state index is -0.331. The van der Waals surface area contributed by atoms with Crippen molar-refractivity contribution in [2.24, 2.45) is 5.92 Å². The van der Waals surface area contributed by atoms with Crippen LogP contribution < -0.4 is 15.9 Å². The number of piperidine rings is 1. The number of fused-ring (bicyclic) bond motifs is 1. The van der Waals surface area contributed by atoms with E-state index in [-0.39, 0.29) is 23.7 Å². The normalized spacial score (nSPS) is 22.8. The zero-order chi connectivity index (χ0) is 26.0. The topological polar surface area (TPSA) is 79.5 Å². The van der Waals surface area contributed by atoms with E-state index in [4.69, 9.17) is 9.47 Å². The number of aromatic amines is 1. The first-order valence-electron chi connectivity index (χ1n) is 13.4. The Kier molecular flexibility index (Phi) is 7.30. The van der Waals surface area contributed by atoms with Gasteiger partial charge in [-0.05, 0) is 28.6 Å². The Labute approximate surface area is 226 Å². The summed E-state index contributed by atoms with van der Waals surface area (Å²) in [6, 6.07) is 12.6. The summed E-state index contributed by atoms with van der Waals surface area (Å²) in [6.07, 6.45) is 10.7. The number of aromatic nitrogens is 2. The fraction of sp³-hybridized carbons (Fsp3) is 0.400. The average Bonchev–Trinajstić information content (AvgIpc) is 3.67. The molecule has 2 aromatic heterocycles. The molecule has 6 rings (SSSR count). The van der Waals surface area contributed by atoms with Gasteiger partial charge in [-0.15, -0.1) is 11.3 Å². The molecule has 0 saturated carbocycles. The molecule has 1 aromatic carbocycles. The van der Waals surface area contributed by atoms with Crippen molar-refractivity contribution < 1.29 is 14.3 Å². The van der Waals surface area contributed by atoms with Crippen LogP contribution in [0.2, 0.25) is 0 Å². The molecule has 3 aliphatic rings. The molecule has 8 heteroatoms. The van der Waals surface area contributed by atoms with Gasteiger partial charge in [-0.2, -0.15) is 5.10 Å². The van der Waals surface area contributed by atoms with Gasteiger partial charge >= 0.3 is 0 Å². The van der Waals surface area contributed by atoms with Gasteiger partial charge in [0.25, 0.3) is 0 Å². The van der Waals surface area contributed by atoms with E-state index in [1.807, 2.05) is 17.5 Å². The van der Waals surface area contributed by atoms with E-state index in [0.717, 1.165) is 59.2 Å². The standard InChI is InChI=1S/C30H34N4O3S/c1-21-16-28-25(19-27(21)31-29(35)18-24-6-3-15-38-24)26(32-33-28)8-7-22-4-2-5-23(17-22)20-34-11-9-30(10-12-34)36-13-14-37-30/h2-8,15-17,19,21,27,33H,9-14,18,20H2,1H3,(H,31,35)/b8-7+. The average molecular weight is 531 g/mol. The Balaban J connectivity index is 1.12. The van der Waals surface area contributed by atoms with Gasteiger partial charge in [0, 0.05) is 48.5 Å². The van der Waals surface area contributed by atoms with Crippen molar-refractivity contribution in [3.05, 3.63) is 74.0 Å². The summed E-state index contributed by atoms with van der Waals surface area (Å²) in [5.41, 5.74) is 3.32. The maximum Gasteiger partial charge on any atom is 0.225 e. The molecule has 2 unspecified atom stereocenters. The molecule has 2 N–H and O–H groups in total. The van der Waals surface area contributed by atoms with Crippen LogP contribution in [0.15, 0.2) is 41.8 Å². The van der Waals surface area contributed by atoms with Crippen molar-refractivity contribution >= 4 is 41.5 Å². The fourth-order valence-corrected chi connectivity index (χ4v) is 6.26. The number of carbonyl (C=O) groups excluding carboxylic acids is 1. The maximum absolute atomic E-state index is 12.6. The molecular formula is C30H34N4O3S. The summed E-state index contributed by atoms with van der Waals surface area (Å²) in [5, 5.41) is 15.0. The number of benzene rings is 1. The number of hydrogen-bond acceptors (Lipinski definition) is 6. The second-order valence-electron chi connectivity index (χ2n) is 10.4. The summed E-state index contributed by atoms with van der Waals surface area (Å²) in [7, 11) is 0. The smallest absolute Gasteiger partial charge is 0.225 e. The summed E-state index contributed by atoms with van der Waals surface area (Å²) in [4.78, 5) is 16.2. The second-order valence-corrected chi connectivity index (χ2v) is 11.5. The van der Waals surface area contributed by atoms with Gasteiger partial charge in [0.1, 0.15) is 0 Å². The predicted octanol–water partition coefficient (Wildman–Crippen LogP) is 2.92. The van der Waals surface area contributed by atoms with Crippen LogP contribution in [0.4, 0.5) is 0 Å². The van der Waals surface area contributed by atoms with Crippen LogP contribution in [0.1, 0.15) is 41.5 Å². The van der Waals surface area contributed by atoms with Gasteiger partial charge < -0.3 is 14.8 Å². The van der Waals surface area contributed by atoms with Gasteiger partial charge in [0.2, 0.25) is 5.91 Å². The summed E-state index contributed by atoms with van der Waals surface area (Å²) in [5.74, 6) is -0.107. The Morgan fingerprint density at radius 1 is 1.18 bits per heavy atom. The minimum Gasteiger partial charge on any atom is -0.349 e. The molecule has 0 radical (unpaired) electrons. The molecule has 0 bridgehead atoms. The zero-order valence-corrected chi connectivity index (χ0v) is 22.5. The largest absolute Gasteiger partial charge is 0.349 e. The predicted molar refractivity (Wildman–Crippen MR) is 150 cm³/mol. The molecule has 38 heavy (non-hydrogen) atoms. The minimum absolute atomic E-state index is 0.0435. The lowest BCUT2D eigenvalue weighted by Crippen LogP contribution is -2.44. The molecule has 1 spiro atoms. The number of carbonyl (C=O) groups is 1. The van der Waals surface area contributed by atoms with E-state index in [1.165, 1.54) is 5.56 Å². The Morgan fingerprint density at radius 3 is 2.82 bits per heavy atom. The monoisotopic (exact) mass is 530 g/mol. The van der Waals surface area contributed by atoms with E-state index >= 15 is 0 Å². The van der Waals surface area contributed by atoms with Crippen molar-refractivity contribution in [3.8, 4) is 0 Å². The number of thiophene rings is 1. The molecule has 1 aliphatic carbocycles. The van der Waals surface area contributed by atoms with Crippen molar-refractivity contribution in [2.75, 3.05) is 26.3 Å². The third-order valence-corrected chi connectivity index (χ3v) is 8.55. The van der Waals surface area contributed by atoms with E-state index in [1.54, 1.807) is 11.3 Å². The number of nitrogens with zero attached hydrogens (tertiary/aromatic N) is 2. The van der Waals surface area contributed by atoms with E-state index in [9.17, 15) is 4.79 Å². The van der Waals surface area contributed by atoms with Gasteiger partial charge in [0.05, 0.1) is 36.7 Å². The third kappa shape index (κ3) is 5.68. The lowest BCUT2D eigenvalue weighted by Gasteiger charge is -2.37. The van der Waals surface area contributed by atoms with E-state index in [2.05, 4.69) is 75.9 Å². The van der Waals surface area contributed by atoms with Crippen LogP contribution in [0, 0.1) is 5.92 Å². The van der Waals surface area contributed by atoms with E-state index in [0.29, 0.717) is 19.6 Å². The number of nitrogens with one attached hydrogen (secondary N) is 2. The third-order valence-electron chi connectivity index (χ3n) is 7.67. The van der Waals surface area contributed by atoms with Crippen LogP contribution in [-0.2, 0) is 27.2 Å². The van der Waals surface area contributed by atoms with Crippen LogP contribution in [-0.4, -0.2) is 59.1 Å². The Morgan fingerprint density at radius 2 is 2.03 bits per heavy atom. The highest BCUT2D eigenvalue weighted by atomic mass is 32.1. The molecule has 2 saturated heterocycles. The molecule has 198 valence electrons. The number of amides is 1.